The first-order chi connectivity index (χ1) is 15.6. The fraction of sp³-hybridized carbons (Fsp3) is 0.125. The zero-order valence-electron chi connectivity index (χ0n) is 17.2. The minimum Gasteiger partial charge on any atom is -0.397 e. The lowest BCUT2D eigenvalue weighted by atomic mass is 10.1. The van der Waals surface area contributed by atoms with Crippen molar-refractivity contribution in [3.8, 4) is 11.4 Å². The van der Waals surface area contributed by atoms with E-state index in [1.807, 2.05) is 30.5 Å². The lowest BCUT2D eigenvalue weighted by Gasteiger charge is -2.07. The third-order valence-corrected chi connectivity index (χ3v) is 5.45. The largest absolute Gasteiger partial charge is 0.397 e. The monoisotopic (exact) mass is 428 g/mol. The number of halogens is 1. The molecule has 0 aliphatic heterocycles. The lowest BCUT2D eigenvalue weighted by Crippen LogP contribution is -2.16. The molecule has 0 spiro atoms. The van der Waals surface area contributed by atoms with Gasteiger partial charge in [-0.05, 0) is 54.4 Å². The summed E-state index contributed by atoms with van der Waals surface area (Å²) in [7, 11) is 0. The molecule has 0 aliphatic carbocycles. The highest BCUT2D eigenvalue weighted by atomic mass is 19.1. The number of nitrogens with two attached hydrogens (primary N) is 1. The standard InChI is InChI=1S/C24H21FN6O/c25-16-4-1-5-18-20(16)22(26)21(24(32)31-18)23-29-17-7-6-15(11-19(17)30-23)13-28-10-8-14-3-2-9-27-12-14/h1-7,9,11-12,28H,8,10,13H2,(H,29,30)(H3,26,31,32). The average Bonchev–Trinajstić information content (AvgIpc) is 3.20. The average molecular weight is 428 g/mol. The van der Waals surface area contributed by atoms with E-state index < -0.39 is 11.4 Å². The number of nitrogens with one attached hydrogen (secondary N) is 3. The number of rotatable bonds is 6. The Hall–Kier alpha value is -4.04. The molecule has 0 saturated heterocycles. The van der Waals surface area contributed by atoms with E-state index in [9.17, 15) is 9.18 Å². The summed E-state index contributed by atoms with van der Waals surface area (Å²) in [6.45, 7) is 1.51. The number of nitrogen functional groups attached to an aromatic ring is 1. The molecule has 0 unspecified atom stereocenters. The summed E-state index contributed by atoms with van der Waals surface area (Å²) in [5.41, 5.74) is 10.1. The number of anilines is 1. The predicted molar refractivity (Wildman–Crippen MR) is 124 cm³/mol. The van der Waals surface area contributed by atoms with Crippen LogP contribution in [0, 0.1) is 5.82 Å². The number of aromatic nitrogens is 4. The quantitative estimate of drug-likeness (QED) is 0.309. The Bertz CT molecular complexity index is 1480. The third kappa shape index (κ3) is 3.72. The molecule has 0 bridgehead atoms. The summed E-state index contributed by atoms with van der Waals surface area (Å²) in [4.78, 5) is 27.2. The number of hydrogen-bond donors (Lipinski definition) is 4. The van der Waals surface area contributed by atoms with E-state index in [1.165, 1.54) is 17.7 Å². The fourth-order valence-electron chi connectivity index (χ4n) is 3.87. The van der Waals surface area contributed by atoms with Gasteiger partial charge in [-0.3, -0.25) is 9.78 Å². The van der Waals surface area contributed by atoms with Gasteiger partial charge in [0, 0.05) is 18.9 Å². The van der Waals surface area contributed by atoms with Gasteiger partial charge in [-0.25, -0.2) is 9.37 Å². The van der Waals surface area contributed by atoms with Crippen molar-refractivity contribution in [1.82, 2.24) is 25.3 Å². The van der Waals surface area contributed by atoms with Crippen LogP contribution in [0.15, 0.2) is 65.7 Å². The van der Waals surface area contributed by atoms with Crippen LogP contribution in [0.1, 0.15) is 11.1 Å². The van der Waals surface area contributed by atoms with E-state index in [1.54, 1.807) is 12.3 Å². The smallest absolute Gasteiger partial charge is 0.261 e. The molecular weight excluding hydrogens is 407 g/mol. The van der Waals surface area contributed by atoms with Crippen LogP contribution >= 0.6 is 0 Å². The number of fused-ring (bicyclic) bond motifs is 2. The topological polar surface area (TPSA) is 112 Å². The van der Waals surface area contributed by atoms with Crippen molar-refractivity contribution >= 4 is 27.6 Å². The van der Waals surface area contributed by atoms with Gasteiger partial charge in [-0.2, -0.15) is 0 Å². The number of aromatic amines is 2. The van der Waals surface area contributed by atoms with Crippen molar-refractivity contribution in [2.75, 3.05) is 12.3 Å². The Morgan fingerprint density at radius 3 is 2.78 bits per heavy atom. The fourth-order valence-corrected chi connectivity index (χ4v) is 3.87. The van der Waals surface area contributed by atoms with Crippen LogP contribution in [0.25, 0.3) is 33.3 Å². The third-order valence-electron chi connectivity index (χ3n) is 5.45. The van der Waals surface area contributed by atoms with E-state index in [0.29, 0.717) is 23.4 Å². The molecule has 0 fully saturated rings. The molecule has 7 nitrogen and oxygen atoms in total. The second-order valence-electron chi connectivity index (χ2n) is 7.63. The Balaban J connectivity index is 1.40. The number of imidazole rings is 1. The molecule has 5 rings (SSSR count). The normalized spacial score (nSPS) is 11.4. The van der Waals surface area contributed by atoms with Gasteiger partial charge in [0.15, 0.2) is 0 Å². The minimum atomic E-state index is -0.492. The molecule has 5 aromatic rings. The maximum atomic E-state index is 14.3. The first-order valence-electron chi connectivity index (χ1n) is 10.3. The van der Waals surface area contributed by atoms with E-state index in [4.69, 9.17) is 5.73 Å². The highest BCUT2D eigenvalue weighted by molar-refractivity contribution is 5.98. The molecule has 3 heterocycles. The van der Waals surface area contributed by atoms with Crippen molar-refractivity contribution in [3.05, 3.63) is 88.2 Å². The molecule has 3 aromatic heterocycles. The van der Waals surface area contributed by atoms with E-state index in [2.05, 4.69) is 31.3 Å². The van der Waals surface area contributed by atoms with Crippen LogP contribution in [0.3, 0.4) is 0 Å². The van der Waals surface area contributed by atoms with Gasteiger partial charge in [0.2, 0.25) is 0 Å². The van der Waals surface area contributed by atoms with Gasteiger partial charge in [0.25, 0.3) is 5.56 Å². The van der Waals surface area contributed by atoms with Crippen molar-refractivity contribution < 1.29 is 4.39 Å². The van der Waals surface area contributed by atoms with Crippen molar-refractivity contribution in [3.63, 3.8) is 0 Å². The Labute approximate surface area is 182 Å². The molecule has 2 aromatic carbocycles. The molecule has 160 valence electrons. The van der Waals surface area contributed by atoms with Crippen LogP contribution < -0.4 is 16.6 Å². The van der Waals surface area contributed by atoms with E-state index >= 15 is 0 Å². The second kappa shape index (κ2) is 8.24. The maximum Gasteiger partial charge on any atom is 0.261 e. The first-order valence-corrected chi connectivity index (χ1v) is 10.3. The van der Waals surface area contributed by atoms with Crippen molar-refractivity contribution in [2.24, 2.45) is 0 Å². The molecule has 8 heteroatoms. The highest BCUT2D eigenvalue weighted by Crippen LogP contribution is 2.29. The van der Waals surface area contributed by atoms with Crippen LogP contribution in [0.5, 0.6) is 0 Å². The summed E-state index contributed by atoms with van der Waals surface area (Å²) in [6, 6.07) is 14.3. The molecular formula is C24H21FN6O. The first kappa shape index (κ1) is 19.9. The zero-order valence-corrected chi connectivity index (χ0v) is 17.2. The maximum absolute atomic E-state index is 14.3. The molecule has 32 heavy (non-hydrogen) atoms. The summed E-state index contributed by atoms with van der Waals surface area (Å²) in [5, 5.41) is 3.60. The number of H-pyrrole nitrogens is 2. The summed E-state index contributed by atoms with van der Waals surface area (Å²) >= 11 is 0. The lowest BCUT2D eigenvalue weighted by molar-refractivity contribution is 0.640. The van der Waals surface area contributed by atoms with Gasteiger partial charge in [-0.1, -0.05) is 18.2 Å². The SMILES string of the molecule is Nc1c(-c2nc3ccc(CNCCc4cccnc4)cc3[nH]2)c(=O)[nH]c2cccc(F)c12. The van der Waals surface area contributed by atoms with E-state index in [-0.39, 0.29) is 16.6 Å². The number of pyridine rings is 2. The molecule has 0 aliphatic rings. The zero-order chi connectivity index (χ0) is 22.1. The van der Waals surface area contributed by atoms with E-state index in [0.717, 1.165) is 24.0 Å². The summed E-state index contributed by atoms with van der Waals surface area (Å²) < 4.78 is 14.3. The minimum absolute atomic E-state index is 0.0678. The number of nitrogens with zero attached hydrogens (tertiary/aromatic N) is 2. The molecule has 5 N–H and O–H groups in total. The summed E-state index contributed by atoms with van der Waals surface area (Å²) in [5.74, 6) is -0.182. The Morgan fingerprint density at radius 2 is 1.94 bits per heavy atom. The second-order valence-corrected chi connectivity index (χ2v) is 7.63. The van der Waals surface area contributed by atoms with Gasteiger partial charge in [0.1, 0.15) is 17.2 Å². The predicted octanol–water partition coefficient (Wildman–Crippen LogP) is 3.52. The molecule has 0 atom stereocenters. The van der Waals surface area contributed by atoms with Crippen molar-refractivity contribution in [2.45, 2.75) is 13.0 Å². The molecule has 0 amide bonds. The Morgan fingerprint density at radius 1 is 1.03 bits per heavy atom. The summed E-state index contributed by atoms with van der Waals surface area (Å²) in [6.07, 6.45) is 4.53. The van der Waals surface area contributed by atoms with Crippen LogP contribution in [-0.2, 0) is 13.0 Å². The molecule has 0 saturated carbocycles. The highest BCUT2D eigenvalue weighted by Gasteiger charge is 2.18. The van der Waals surface area contributed by atoms with Gasteiger partial charge in [-0.15, -0.1) is 0 Å². The molecule has 0 radical (unpaired) electrons. The number of benzene rings is 2. The van der Waals surface area contributed by atoms with Crippen LogP contribution in [-0.4, -0.2) is 26.5 Å². The van der Waals surface area contributed by atoms with Gasteiger partial charge < -0.3 is 21.0 Å². The van der Waals surface area contributed by atoms with Gasteiger partial charge >= 0.3 is 0 Å². The van der Waals surface area contributed by atoms with Crippen LogP contribution in [0.4, 0.5) is 10.1 Å². The van der Waals surface area contributed by atoms with Gasteiger partial charge in [0.05, 0.1) is 27.6 Å². The van der Waals surface area contributed by atoms with Crippen LogP contribution in [0.2, 0.25) is 0 Å². The number of hydrogen-bond acceptors (Lipinski definition) is 5. The van der Waals surface area contributed by atoms with Crippen molar-refractivity contribution in [1.29, 1.82) is 0 Å². The Kier molecular flexibility index (Phi) is 5.12.